The van der Waals surface area contributed by atoms with E-state index in [1.165, 1.54) is 5.56 Å². The van der Waals surface area contributed by atoms with Crippen LogP contribution in [0.25, 0.3) is 0 Å². The maximum atomic E-state index is 4.46. The third-order valence-corrected chi connectivity index (χ3v) is 2.73. The Morgan fingerprint density at radius 1 is 1.28 bits per heavy atom. The van der Waals surface area contributed by atoms with Crippen molar-refractivity contribution in [1.82, 2.24) is 9.97 Å². The molecule has 1 N–H and O–H groups in total. The lowest BCUT2D eigenvalue weighted by atomic mass is 9.96. The van der Waals surface area contributed by atoms with Crippen molar-refractivity contribution in [3.05, 3.63) is 11.9 Å². The number of aromatic nitrogens is 2. The van der Waals surface area contributed by atoms with Crippen LogP contribution in [0.4, 0.5) is 11.6 Å². The van der Waals surface area contributed by atoms with Gasteiger partial charge in [-0.3, -0.25) is 0 Å². The molecule has 0 aliphatic heterocycles. The summed E-state index contributed by atoms with van der Waals surface area (Å²) in [4.78, 5) is 11.0. The maximum Gasteiger partial charge on any atom is 0.137 e. The Labute approximate surface area is 111 Å². The van der Waals surface area contributed by atoms with E-state index in [9.17, 15) is 0 Å². The molecule has 0 amide bonds. The van der Waals surface area contributed by atoms with Gasteiger partial charge in [-0.25, -0.2) is 9.97 Å². The van der Waals surface area contributed by atoms with E-state index in [-0.39, 0.29) is 5.41 Å². The highest BCUT2D eigenvalue weighted by atomic mass is 15.2. The smallest absolute Gasteiger partial charge is 0.137 e. The van der Waals surface area contributed by atoms with Gasteiger partial charge in [0.2, 0.25) is 0 Å². The molecular formula is C14H26N4. The van der Waals surface area contributed by atoms with Gasteiger partial charge in [0.1, 0.15) is 18.0 Å². The summed E-state index contributed by atoms with van der Waals surface area (Å²) in [6.07, 6.45) is 3.73. The molecule has 1 rings (SSSR count). The second-order valence-corrected chi connectivity index (χ2v) is 5.94. The van der Waals surface area contributed by atoms with Crippen LogP contribution in [0.1, 0.15) is 39.7 Å². The van der Waals surface area contributed by atoms with Gasteiger partial charge >= 0.3 is 0 Å². The fraction of sp³-hybridized carbons (Fsp3) is 0.714. The summed E-state index contributed by atoms with van der Waals surface area (Å²) in [5, 5.41) is 3.16. The molecule has 1 aromatic rings. The highest BCUT2D eigenvalue weighted by molar-refractivity contribution is 5.58. The lowest BCUT2D eigenvalue weighted by Crippen LogP contribution is -2.30. The topological polar surface area (TPSA) is 41.1 Å². The molecule has 0 aromatic carbocycles. The average Bonchev–Trinajstić information content (AvgIpc) is 2.27. The molecule has 0 atom stereocenters. The minimum absolute atomic E-state index is 0.253. The van der Waals surface area contributed by atoms with Crippen molar-refractivity contribution in [3.8, 4) is 0 Å². The van der Waals surface area contributed by atoms with E-state index < -0.39 is 0 Å². The number of nitrogens with one attached hydrogen (secondary N) is 1. The molecule has 0 fully saturated rings. The zero-order valence-electron chi connectivity index (χ0n) is 12.5. The largest absolute Gasteiger partial charge is 0.373 e. The first-order valence-corrected chi connectivity index (χ1v) is 6.61. The summed E-state index contributed by atoms with van der Waals surface area (Å²) in [5.41, 5.74) is 1.47. The molecular weight excluding hydrogens is 224 g/mol. The number of rotatable bonds is 5. The summed E-state index contributed by atoms with van der Waals surface area (Å²) < 4.78 is 0. The van der Waals surface area contributed by atoms with Crippen molar-refractivity contribution in [2.75, 3.05) is 30.9 Å². The fourth-order valence-corrected chi connectivity index (χ4v) is 2.21. The van der Waals surface area contributed by atoms with Crippen LogP contribution in [-0.4, -0.2) is 30.6 Å². The Morgan fingerprint density at radius 2 is 1.94 bits per heavy atom. The normalized spacial score (nSPS) is 11.4. The van der Waals surface area contributed by atoms with Crippen LogP contribution in [0.15, 0.2) is 6.33 Å². The van der Waals surface area contributed by atoms with Crippen LogP contribution in [0, 0.1) is 5.41 Å². The Morgan fingerprint density at radius 3 is 2.44 bits per heavy atom. The van der Waals surface area contributed by atoms with Crippen LogP contribution in [-0.2, 0) is 6.42 Å². The van der Waals surface area contributed by atoms with Crippen molar-refractivity contribution >= 4 is 11.6 Å². The maximum absolute atomic E-state index is 4.46. The molecule has 0 aliphatic rings. The Hall–Kier alpha value is -1.32. The van der Waals surface area contributed by atoms with Crippen molar-refractivity contribution < 1.29 is 0 Å². The van der Waals surface area contributed by atoms with Crippen molar-refractivity contribution in [3.63, 3.8) is 0 Å². The summed E-state index contributed by atoms with van der Waals surface area (Å²) >= 11 is 0. The zero-order chi connectivity index (χ0) is 13.8. The van der Waals surface area contributed by atoms with Gasteiger partial charge in [-0.05, 0) is 11.8 Å². The van der Waals surface area contributed by atoms with Gasteiger partial charge in [0.15, 0.2) is 0 Å². The van der Waals surface area contributed by atoms with Crippen molar-refractivity contribution in [2.45, 2.75) is 40.5 Å². The first kappa shape index (κ1) is 14.7. The van der Waals surface area contributed by atoms with E-state index in [0.29, 0.717) is 0 Å². The number of hydrogen-bond donors (Lipinski definition) is 1. The van der Waals surface area contributed by atoms with E-state index >= 15 is 0 Å². The zero-order valence-corrected chi connectivity index (χ0v) is 12.5. The molecule has 4 nitrogen and oxygen atoms in total. The third-order valence-electron chi connectivity index (χ3n) is 2.73. The second kappa shape index (κ2) is 6.03. The van der Waals surface area contributed by atoms with E-state index in [1.807, 2.05) is 7.05 Å². The Balaban J connectivity index is 3.06. The molecule has 4 heteroatoms. The van der Waals surface area contributed by atoms with Gasteiger partial charge in [0, 0.05) is 26.2 Å². The highest BCUT2D eigenvalue weighted by Crippen LogP contribution is 2.26. The Kier molecular flexibility index (Phi) is 4.93. The molecule has 0 bridgehead atoms. The summed E-state index contributed by atoms with van der Waals surface area (Å²) in [6, 6.07) is 0. The average molecular weight is 250 g/mol. The van der Waals surface area contributed by atoms with E-state index in [4.69, 9.17) is 0 Å². The predicted octanol–water partition coefficient (Wildman–Crippen LogP) is 2.95. The quantitative estimate of drug-likeness (QED) is 0.872. The van der Waals surface area contributed by atoms with Crippen LogP contribution in [0.5, 0.6) is 0 Å². The van der Waals surface area contributed by atoms with Crippen LogP contribution in [0.3, 0.4) is 0 Å². The van der Waals surface area contributed by atoms with Gasteiger partial charge in [-0.2, -0.15) is 0 Å². The standard InChI is InChI=1S/C14H26N4/c1-7-8-11-12(15-5)16-10-17-13(11)18(6)9-14(2,3)4/h10H,7-9H2,1-6H3,(H,15,16,17). The van der Waals surface area contributed by atoms with Gasteiger partial charge in [0.05, 0.1) is 0 Å². The first-order chi connectivity index (χ1) is 8.39. The van der Waals surface area contributed by atoms with Gasteiger partial charge in [-0.15, -0.1) is 0 Å². The monoisotopic (exact) mass is 250 g/mol. The second-order valence-electron chi connectivity index (χ2n) is 5.94. The minimum atomic E-state index is 0.253. The number of anilines is 2. The van der Waals surface area contributed by atoms with E-state index in [0.717, 1.165) is 31.0 Å². The van der Waals surface area contributed by atoms with E-state index in [2.05, 4.69) is 54.9 Å². The first-order valence-electron chi connectivity index (χ1n) is 6.61. The molecule has 1 aromatic heterocycles. The van der Waals surface area contributed by atoms with Crippen molar-refractivity contribution in [2.24, 2.45) is 5.41 Å². The van der Waals surface area contributed by atoms with Crippen molar-refractivity contribution in [1.29, 1.82) is 0 Å². The molecule has 0 spiro atoms. The molecule has 18 heavy (non-hydrogen) atoms. The summed E-state index contributed by atoms with van der Waals surface area (Å²) in [6.45, 7) is 9.87. The minimum Gasteiger partial charge on any atom is -0.373 e. The number of nitrogens with zero attached hydrogens (tertiary/aromatic N) is 3. The predicted molar refractivity (Wildman–Crippen MR) is 78.3 cm³/mol. The SMILES string of the molecule is CCCc1c(NC)ncnc1N(C)CC(C)(C)C. The number of hydrogen-bond acceptors (Lipinski definition) is 4. The van der Waals surface area contributed by atoms with Gasteiger partial charge < -0.3 is 10.2 Å². The molecule has 0 aliphatic carbocycles. The fourth-order valence-electron chi connectivity index (χ4n) is 2.21. The van der Waals surface area contributed by atoms with Crippen LogP contribution in [0.2, 0.25) is 0 Å². The van der Waals surface area contributed by atoms with E-state index in [1.54, 1.807) is 6.33 Å². The Bertz CT molecular complexity index is 382. The summed E-state index contributed by atoms with van der Waals surface area (Å²) in [5.74, 6) is 1.99. The van der Waals surface area contributed by atoms with Crippen LogP contribution >= 0.6 is 0 Å². The molecule has 0 saturated carbocycles. The molecule has 1 heterocycles. The highest BCUT2D eigenvalue weighted by Gasteiger charge is 2.18. The molecule has 0 radical (unpaired) electrons. The van der Waals surface area contributed by atoms with Crippen LogP contribution < -0.4 is 10.2 Å². The van der Waals surface area contributed by atoms with Gasteiger partial charge in [-0.1, -0.05) is 34.1 Å². The molecule has 0 unspecified atom stereocenters. The molecule has 0 saturated heterocycles. The third kappa shape index (κ3) is 3.86. The molecule has 102 valence electrons. The summed E-state index contributed by atoms with van der Waals surface area (Å²) in [7, 11) is 4.02. The van der Waals surface area contributed by atoms with Gasteiger partial charge in [0.25, 0.3) is 0 Å². The lowest BCUT2D eigenvalue weighted by Gasteiger charge is -2.29. The lowest BCUT2D eigenvalue weighted by molar-refractivity contribution is 0.417.